The first-order valence-corrected chi connectivity index (χ1v) is 7.67. The lowest BCUT2D eigenvalue weighted by Crippen LogP contribution is -2.22. The van der Waals surface area contributed by atoms with E-state index >= 15 is 0 Å². The highest BCUT2D eigenvalue weighted by atomic mass is 16.1. The minimum absolute atomic E-state index is 0.00374. The minimum atomic E-state index is 0.00374. The molecule has 0 saturated heterocycles. The fourth-order valence-electron chi connectivity index (χ4n) is 3.26. The average molecular weight is 278 g/mol. The van der Waals surface area contributed by atoms with Crippen LogP contribution in [0.2, 0.25) is 0 Å². The maximum atomic E-state index is 12.7. The first-order valence-electron chi connectivity index (χ1n) is 7.67. The van der Waals surface area contributed by atoms with E-state index in [9.17, 15) is 4.79 Å². The fraction of sp³-hybridized carbons (Fsp3) is 0.350. The molecule has 0 aliphatic heterocycles. The normalized spacial score (nSPS) is 17.0. The van der Waals surface area contributed by atoms with Crippen molar-refractivity contribution in [2.45, 2.75) is 44.9 Å². The lowest BCUT2D eigenvalue weighted by molar-refractivity contribution is 0.0968. The van der Waals surface area contributed by atoms with Crippen molar-refractivity contribution < 1.29 is 4.79 Å². The average Bonchev–Trinajstić information content (AvgIpc) is 2.43. The van der Waals surface area contributed by atoms with E-state index in [1.807, 2.05) is 18.2 Å². The zero-order chi connectivity index (χ0) is 15.0. The van der Waals surface area contributed by atoms with E-state index in [0.29, 0.717) is 12.3 Å². The standard InChI is InChI=1S/C20H22O/c1-20(2,3)18-11-7-6-10-17(18)19(21)13-15-12-14-8-4-5-9-16(14)15/h4-11,15H,12-13H2,1-3H3. The molecule has 108 valence electrons. The van der Waals surface area contributed by atoms with Gasteiger partial charge in [0.1, 0.15) is 0 Å². The van der Waals surface area contributed by atoms with Gasteiger partial charge in [-0.15, -0.1) is 0 Å². The Morgan fingerprint density at radius 3 is 2.43 bits per heavy atom. The van der Waals surface area contributed by atoms with Crippen molar-refractivity contribution in [3.63, 3.8) is 0 Å². The molecule has 0 spiro atoms. The van der Waals surface area contributed by atoms with Crippen molar-refractivity contribution in [1.82, 2.24) is 0 Å². The molecule has 2 aromatic rings. The lowest BCUT2D eigenvalue weighted by Gasteiger charge is -2.30. The van der Waals surface area contributed by atoms with Gasteiger partial charge in [0.2, 0.25) is 0 Å². The van der Waals surface area contributed by atoms with Crippen LogP contribution in [0, 0.1) is 0 Å². The Morgan fingerprint density at radius 2 is 1.71 bits per heavy atom. The molecule has 1 atom stereocenters. The number of rotatable bonds is 3. The predicted octanol–water partition coefficient (Wildman–Crippen LogP) is 4.90. The van der Waals surface area contributed by atoms with Gasteiger partial charge in [0.05, 0.1) is 0 Å². The molecule has 0 N–H and O–H groups in total. The zero-order valence-corrected chi connectivity index (χ0v) is 13.0. The van der Waals surface area contributed by atoms with Crippen LogP contribution in [-0.2, 0) is 11.8 Å². The summed E-state index contributed by atoms with van der Waals surface area (Å²) in [6.07, 6.45) is 1.67. The quantitative estimate of drug-likeness (QED) is 0.730. The Bertz CT molecular complexity index is 676. The van der Waals surface area contributed by atoms with Gasteiger partial charge in [-0.2, -0.15) is 0 Å². The molecular formula is C20H22O. The Labute approximate surface area is 127 Å². The highest BCUT2D eigenvalue weighted by Gasteiger charge is 2.29. The van der Waals surface area contributed by atoms with Crippen molar-refractivity contribution in [1.29, 1.82) is 0 Å². The van der Waals surface area contributed by atoms with Crippen LogP contribution >= 0.6 is 0 Å². The Morgan fingerprint density at radius 1 is 1.05 bits per heavy atom. The number of hydrogen-bond acceptors (Lipinski definition) is 1. The number of carbonyl (C=O) groups excluding carboxylic acids is 1. The summed E-state index contributed by atoms with van der Waals surface area (Å²) in [7, 11) is 0. The molecule has 0 fully saturated rings. The summed E-state index contributed by atoms with van der Waals surface area (Å²) in [5, 5.41) is 0. The zero-order valence-electron chi connectivity index (χ0n) is 13.0. The SMILES string of the molecule is CC(C)(C)c1ccccc1C(=O)CC1Cc2ccccc21. The molecule has 1 nitrogen and oxygen atoms in total. The van der Waals surface area contributed by atoms with Gasteiger partial charge in [0.15, 0.2) is 5.78 Å². The van der Waals surface area contributed by atoms with Crippen LogP contribution in [0.1, 0.15) is 60.2 Å². The largest absolute Gasteiger partial charge is 0.294 e. The Kier molecular flexibility index (Phi) is 3.44. The van der Waals surface area contributed by atoms with Gasteiger partial charge in [-0.3, -0.25) is 4.79 Å². The van der Waals surface area contributed by atoms with E-state index in [0.717, 1.165) is 17.5 Å². The van der Waals surface area contributed by atoms with Crippen molar-refractivity contribution in [3.05, 3.63) is 70.8 Å². The summed E-state index contributed by atoms with van der Waals surface area (Å²) in [5.74, 6) is 0.682. The third-order valence-corrected chi connectivity index (χ3v) is 4.43. The van der Waals surface area contributed by atoms with Crippen LogP contribution in [0.5, 0.6) is 0 Å². The van der Waals surface area contributed by atoms with Crippen molar-refractivity contribution in [3.8, 4) is 0 Å². The second kappa shape index (κ2) is 5.14. The summed E-state index contributed by atoms with van der Waals surface area (Å²) < 4.78 is 0. The molecular weight excluding hydrogens is 256 g/mol. The molecule has 0 saturated carbocycles. The van der Waals surface area contributed by atoms with E-state index in [1.54, 1.807) is 0 Å². The number of fused-ring (bicyclic) bond motifs is 1. The number of ketones is 1. The number of hydrogen-bond donors (Lipinski definition) is 0. The van der Waals surface area contributed by atoms with Crippen LogP contribution in [0.15, 0.2) is 48.5 Å². The van der Waals surface area contributed by atoms with Crippen LogP contribution in [0.3, 0.4) is 0 Å². The maximum Gasteiger partial charge on any atom is 0.163 e. The highest BCUT2D eigenvalue weighted by molar-refractivity contribution is 5.98. The van der Waals surface area contributed by atoms with Crippen molar-refractivity contribution in [2.75, 3.05) is 0 Å². The fourth-order valence-corrected chi connectivity index (χ4v) is 3.26. The van der Waals surface area contributed by atoms with Crippen LogP contribution in [0.25, 0.3) is 0 Å². The van der Waals surface area contributed by atoms with Crippen molar-refractivity contribution in [2.24, 2.45) is 0 Å². The van der Waals surface area contributed by atoms with Crippen LogP contribution < -0.4 is 0 Å². The third kappa shape index (κ3) is 2.65. The van der Waals surface area contributed by atoms with Gasteiger partial charge in [-0.25, -0.2) is 0 Å². The summed E-state index contributed by atoms with van der Waals surface area (Å²) in [6, 6.07) is 16.5. The monoisotopic (exact) mass is 278 g/mol. The molecule has 0 radical (unpaired) electrons. The second-order valence-corrected chi connectivity index (χ2v) is 7.02. The first kappa shape index (κ1) is 14.1. The van der Waals surface area contributed by atoms with Crippen LogP contribution in [-0.4, -0.2) is 5.78 Å². The summed E-state index contributed by atoms with van der Waals surface area (Å²) in [6.45, 7) is 6.49. The molecule has 1 heteroatoms. The van der Waals surface area contributed by atoms with E-state index in [2.05, 4.69) is 51.1 Å². The molecule has 0 aromatic heterocycles. The number of benzene rings is 2. The molecule has 3 rings (SSSR count). The summed E-state index contributed by atoms with van der Waals surface area (Å²) >= 11 is 0. The van der Waals surface area contributed by atoms with E-state index in [1.165, 1.54) is 11.1 Å². The van der Waals surface area contributed by atoms with Gasteiger partial charge < -0.3 is 0 Å². The number of carbonyl (C=O) groups is 1. The van der Waals surface area contributed by atoms with E-state index < -0.39 is 0 Å². The lowest BCUT2D eigenvalue weighted by atomic mass is 9.73. The summed E-state index contributed by atoms with van der Waals surface area (Å²) in [4.78, 5) is 12.7. The molecule has 1 aliphatic rings. The smallest absolute Gasteiger partial charge is 0.163 e. The molecule has 0 bridgehead atoms. The van der Waals surface area contributed by atoms with Crippen molar-refractivity contribution >= 4 is 5.78 Å². The second-order valence-electron chi connectivity index (χ2n) is 7.02. The maximum absolute atomic E-state index is 12.7. The van der Waals surface area contributed by atoms with Gasteiger partial charge in [0.25, 0.3) is 0 Å². The third-order valence-electron chi connectivity index (χ3n) is 4.43. The topological polar surface area (TPSA) is 17.1 Å². The van der Waals surface area contributed by atoms with E-state index in [4.69, 9.17) is 0 Å². The predicted molar refractivity (Wildman–Crippen MR) is 87.0 cm³/mol. The van der Waals surface area contributed by atoms with Crippen LogP contribution in [0.4, 0.5) is 0 Å². The minimum Gasteiger partial charge on any atom is -0.294 e. The number of Topliss-reactive ketones (excluding diaryl/α,β-unsaturated/α-hetero) is 1. The highest BCUT2D eigenvalue weighted by Crippen LogP contribution is 2.38. The Balaban J connectivity index is 1.82. The summed E-state index contributed by atoms with van der Waals surface area (Å²) in [5.41, 5.74) is 4.82. The molecule has 0 heterocycles. The van der Waals surface area contributed by atoms with Gasteiger partial charge in [-0.1, -0.05) is 69.3 Å². The van der Waals surface area contributed by atoms with Gasteiger partial charge >= 0.3 is 0 Å². The molecule has 2 aromatic carbocycles. The van der Waals surface area contributed by atoms with Gasteiger partial charge in [-0.05, 0) is 34.4 Å². The van der Waals surface area contributed by atoms with Gasteiger partial charge in [0, 0.05) is 12.0 Å². The Hall–Kier alpha value is -1.89. The molecule has 1 unspecified atom stereocenters. The molecule has 21 heavy (non-hydrogen) atoms. The molecule has 0 amide bonds. The first-order chi connectivity index (χ1) is 9.97. The molecule has 1 aliphatic carbocycles. The van der Waals surface area contributed by atoms with E-state index in [-0.39, 0.29) is 11.2 Å².